The van der Waals surface area contributed by atoms with Crippen LogP contribution in [0, 0.1) is 0 Å². The van der Waals surface area contributed by atoms with Crippen molar-refractivity contribution in [1.82, 2.24) is 14.7 Å². The normalized spacial score (nSPS) is 11.9. The smallest absolute Gasteiger partial charge is 0.434 e. The zero-order valence-electron chi connectivity index (χ0n) is 10.4. The van der Waals surface area contributed by atoms with Crippen molar-refractivity contribution in [2.45, 2.75) is 23.4 Å². The molecule has 0 unspecified atom stereocenters. The van der Waals surface area contributed by atoms with E-state index in [-0.39, 0.29) is 10.1 Å². The van der Waals surface area contributed by atoms with E-state index >= 15 is 0 Å². The van der Waals surface area contributed by atoms with Crippen molar-refractivity contribution in [3.8, 4) is 0 Å². The van der Waals surface area contributed by atoms with E-state index in [9.17, 15) is 9.59 Å². The van der Waals surface area contributed by atoms with Gasteiger partial charge < -0.3 is 10.0 Å². The predicted molar refractivity (Wildman–Crippen MR) is 69.2 cm³/mol. The number of hydrogen-bond donors (Lipinski definition) is 1. The Morgan fingerprint density at radius 1 is 1.50 bits per heavy atom. The maximum atomic E-state index is 11.4. The van der Waals surface area contributed by atoms with Gasteiger partial charge in [-0.25, -0.2) is 9.59 Å². The Kier molecular flexibility index (Phi) is 4.91. The van der Waals surface area contributed by atoms with Crippen LogP contribution in [0.2, 0.25) is 0 Å². The van der Waals surface area contributed by atoms with Crippen LogP contribution in [0.3, 0.4) is 0 Å². The summed E-state index contributed by atoms with van der Waals surface area (Å²) in [6, 6.07) is -0.519. The minimum Gasteiger partial charge on any atom is -0.463 e. The maximum absolute atomic E-state index is 11.4. The summed E-state index contributed by atoms with van der Waals surface area (Å²) in [5.74, 6) is 0. The molecule has 1 heterocycles. The number of thioether (sulfide) groups is 1. The molecular formula is C9H14N4O3S2. The maximum Gasteiger partial charge on any atom is 0.434 e. The monoisotopic (exact) mass is 290 g/mol. The van der Waals surface area contributed by atoms with Gasteiger partial charge in [-0.05, 0) is 0 Å². The van der Waals surface area contributed by atoms with Crippen LogP contribution in [0.5, 0.6) is 0 Å². The van der Waals surface area contributed by atoms with Crippen molar-refractivity contribution in [1.29, 1.82) is 0 Å². The van der Waals surface area contributed by atoms with E-state index in [4.69, 9.17) is 5.11 Å². The molecule has 0 bridgehead atoms. The van der Waals surface area contributed by atoms with Crippen LogP contribution >= 0.6 is 23.1 Å². The average molecular weight is 290 g/mol. The molecule has 100 valence electrons. The highest BCUT2D eigenvalue weighted by molar-refractivity contribution is 8.01. The zero-order chi connectivity index (χ0) is 13.9. The Labute approximate surface area is 112 Å². The lowest BCUT2D eigenvalue weighted by molar-refractivity contribution is 0.191. The van der Waals surface area contributed by atoms with Gasteiger partial charge in [0.25, 0.3) is 0 Å². The number of carbonyl (C=O) groups is 2. The third-order valence-corrected chi connectivity index (χ3v) is 3.63. The van der Waals surface area contributed by atoms with E-state index in [1.165, 1.54) is 16.7 Å². The molecule has 0 aliphatic carbocycles. The molecule has 1 aromatic heterocycles. The fourth-order valence-corrected chi connectivity index (χ4v) is 3.03. The second kappa shape index (κ2) is 6.01. The standard InChI is InChI=1S/C9H14N4O3S2/c1-5(2)17-8-11-13(9(15)16)7(18-8)10-6(14)12(3)4/h5H,1-4H3,(H,15,16). The number of nitrogens with zero attached hydrogens (tertiary/aromatic N) is 4. The Morgan fingerprint density at radius 2 is 2.11 bits per heavy atom. The molecule has 18 heavy (non-hydrogen) atoms. The van der Waals surface area contributed by atoms with Crippen LogP contribution in [0.4, 0.5) is 9.59 Å². The number of amides is 2. The van der Waals surface area contributed by atoms with E-state index in [0.717, 1.165) is 16.0 Å². The number of carbonyl (C=O) groups excluding carboxylic acids is 1. The van der Waals surface area contributed by atoms with E-state index in [1.54, 1.807) is 14.1 Å². The van der Waals surface area contributed by atoms with Crippen LogP contribution in [0.25, 0.3) is 0 Å². The lowest BCUT2D eigenvalue weighted by atomic mass is 10.6. The summed E-state index contributed by atoms with van der Waals surface area (Å²) in [6.07, 6.45) is -1.26. The highest BCUT2D eigenvalue weighted by atomic mass is 32.2. The molecule has 0 aliphatic rings. The summed E-state index contributed by atoms with van der Waals surface area (Å²) in [4.78, 5) is 27.5. The van der Waals surface area contributed by atoms with Gasteiger partial charge in [-0.3, -0.25) is 0 Å². The molecule has 0 atom stereocenters. The second-order valence-electron chi connectivity index (χ2n) is 3.80. The molecule has 1 aromatic rings. The molecule has 1 rings (SSSR count). The number of rotatable bonds is 2. The first-order chi connectivity index (χ1) is 8.31. The molecule has 1 N–H and O–H groups in total. The summed E-state index contributed by atoms with van der Waals surface area (Å²) in [7, 11) is 3.09. The van der Waals surface area contributed by atoms with Crippen molar-refractivity contribution in [3.63, 3.8) is 0 Å². The largest absolute Gasteiger partial charge is 0.463 e. The highest BCUT2D eigenvalue weighted by Gasteiger charge is 2.13. The van der Waals surface area contributed by atoms with Crippen molar-refractivity contribution in [2.75, 3.05) is 14.1 Å². The number of carboxylic acid groups (broad SMARTS) is 1. The van der Waals surface area contributed by atoms with Crippen molar-refractivity contribution >= 4 is 35.2 Å². The summed E-state index contributed by atoms with van der Waals surface area (Å²) in [5, 5.41) is 13.1. The van der Waals surface area contributed by atoms with Gasteiger partial charge in [0, 0.05) is 19.3 Å². The topological polar surface area (TPSA) is 87.8 Å². The Balaban J connectivity index is 3.20. The third-order valence-electron chi connectivity index (χ3n) is 1.63. The fraction of sp³-hybridized carbons (Fsp3) is 0.556. The molecule has 0 aromatic carbocycles. The quantitative estimate of drug-likeness (QED) is 0.835. The number of urea groups is 1. The van der Waals surface area contributed by atoms with E-state index in [2.05, 4.69) is 10.1 Å². The van der Waals surface area contributed by atoms with Gasteiger partial charge in [0.2, 0.25) is 4.80 Å². The van der Waals surface area contributed by atoms with Crippen LogP contribution in [-0.2, 0) is 0 Å². The van der Waals surface area contributed by atoms with Gasteiger partial charge in [-0.2, -0.15) is 4.99 Å². The van der Waals surface area contributed by atoms with Gasteiger partial charge in [-0.15, -0.1) is 9.78 Å². The molecule has 0 aliphatic heterocycles. The molecule has 9 heteroatoms. The van der Waals surface area contributed by atoms with Crippen molar-refractivity contribution in [3.05, 3.63) is 4.80 Å². The first kappa shape index (κ1) is 14.7. The summed E-state index contributed by atoms with van der Waals surface area (Å²) in [5.41, 5.74) is 0. The molecule has 0 saturated heterocycles. The fourth-order valence-electron chi connectivity index (χ4n) is 0.892. The molecule has 0 radical (unpaired) electrons. The summed E-state index contributed by atoms with van der Waals surface area (Å²) in [6.45, 7) is 3.94. The Hall–Kier alpha value is -1.35. The van der Waals surface area contributed by atoms with Crippen LogP contribution in [0.1, 0.15) is 13.8 Å². The number of hydrogen-bond acceptors (Lipinski definition) is 5. The van der Waals surface area contributed by atoms with Gasteiger partial charge in [0.1, 0.15) is 0 Å². The Morgan fingerprint density at radius 3 is 2.56 bits per heavy atom. The first-order valence-electron chi connectivity index (χ1n) is 5.07. The lowest BCUT2D eigenvalue weighted by Crippen LogP contribution is -2.27. The minimum atomic E-state index is -1.26. The van der Waals surface area contributed by atoms with Gasteiger partial charge >= 0.3 is 12.1 Å². The van der Waals surface area contributed by atoms with Gasteiger partial charge in [-0.1, -0.05) is 36.9 Å². The van der Waals surface area contributed by atoms with Crippen molar-refractivity contribution < 1.29 is 14.7 Å². The molecule has 0 saturated carbocycles. The van der Waals surface area contributed by atoms with Crippen LogP contribution in [-0.4, -0.2) is 51.3 Å². The molecule has 2 amide bonds. The molecule has 0 fully saturated rings. The second-order valence-corrected chi connectivity index (χ2v) is 6.58. The lowest BCUT2D eigenvalue weighted by Gasteiger charge is -2.03. The highest BCUT2D eigenvalue weighted by Crippen LogP contribution is 2.22. The van der Waals surface area contributed by atoms with Crippen LogP contribution < -0.4 is 4.80 Å². The van der Waals surface area contributed by atoms with E-state index in [0.29, 0.717) is 4.34 Å². The minimum absolute atomic E-state index is 0.0596. The van der Waals surface area contributed by atoms with Crippen molar-refractivity contribution in [2.24, 2.45) is 4.99 Å². The van der Waals surface area contributed by atoms with Gasteiger partial charge in [0.05, 0.1) is 0 Å². The third kappa shape index (κ3) is 3.84. The molecule has 7 nitrogen and oxygen atoms in total. The Bertz CT molecular complexity index is 518. The SMILES string of the molecule is CC(C)Sc1nn(C(=O)O)c(=NC(=O)N(C)C)s1. The summed E-state index contributed by atoms with van der Waals surface area (Å²) >= 11 is 2.51. The van der Waals surface area contributed by atoms with E-state index in [1.807, 2.05) is 13.8 Å². The molecular weight excluding hydrogens is 276 g/mol. The summed E-state index contributed by atoms with van der Waals surface area (Å²) < 4.78 is 1.29. The van der Waals surface area contributed by atoms with E-state index < -0.39 is 12.1 Å². The average Bonchev–Trinajstić information content (AvgIpc) is 2.59. The number of aromatic nitrogens is 2. The predicted octanol–water partition coefficient (Wildman–Crippen LogP) is 1.55. The zero-order valence-corrected chi connectivity index (χ0v) is 12.1. The van der Waals surface area contributed by atoms with Crippen LogP contribution in [0.15, 0.2) is 9.33 Å². The van der Waals surface area contributed by atoms with Gasteiger partial charge in [0.15, 0.2) is 4.34 Å². The molecule has 0 spiro atoms. The first-order valence-corrected chi connectivity index (χ1v) is 6.77.